The smallest absolute Gasteiger partial charge is 0.399 e. The van der Waals surface area contributed by atoms with Crippen LogP contribution in [0, 0.1) is 0 Å². The van der Waals surface area contributed by atoms with Crippen molar-refractivity contribution in [1.29, 1.82) is 0 Å². The second-order valence-electron chi connectivity index (χ2n) is 7.20. The van der Waals surface area contributed by atoms with Gasteiger partial charge in [-0.2, -0.15) is 13.1 Å². The molecule has 0 aliphatic carbocycles. The van der Waals surface area contributed by atoms with E-state index in [-0.39, 0.29) is 6.04 Å². The monoisotopic (exact) mass is 374 g/mol. The molecule has 1 heterocycles. The highest BCUT2D eigenvalue weighted by atomic mass is 35.5. The minimum absolute atomic E-state index is 0.206. The number of rotatable bonds is 5. The Morgan fingerprint density at radius 2 is 1.67 bits per heavy atom. The average molecular weight is 375 g/mol. The summed E-state index contributed by atoms with van der Waals surface area (Å²) in [6.45, 7) is 11.3. The van der Waals surface area contributed by atoms with Crippen LogP contribution in [0.15, 0.2) is 18.2 Å². The molecule has 24 heavy (non-hydrogen) atoms. The molecule has 1 saturated heterocycles. The van der Waals surface area contributed by atoms with Crippen molar-refractivity contribution in [3.05, 3.63) is 23.2 Å². The molecule has 0 atom stereocenters. The van der Waals surface area contributed by atoms with Gasteiger partial charge in [-0.3, -0.25) is 4.72 Å². The molecule has 9 heteroatoms. The molecule has 1 aliphatic rings. The highest BCUT2D eigenvalue weighted by Crippen LogP contribution is 2.37. The minimum atomic E-state index is -3.64. The largest absolute Gasteiger partial charge is 0.496 e. The number of hydrogen-bond donors (Lipinski definition) is 2. The Morgan fingerprint density at radius 1 is 1.12 bits per heavy atom. The third-order valence-corrected chi connectivity index (χ3v) is 5.76. The zero-order valence-electron chi connectivity index (χ0n) is 14.8. The second kappa shape index (κ2) is 6.50. The standard InChI is InChI=1S/C15H24BClN2O4S/c1-10(2)18-24(20,21)19-11-7-8-12(13(17)9-11)16-22-14(3,4)15(5,6)23-16/h7-10,18-19H,1-6H3. The van der Waals surface area contributed by atoms with E-state index in [1.807, 2.05) is 27.7 Å². The lowest BCUT2D eigenvalue weighted by Crippen LogP contribution is -2.41. The molecule has 1 aliphatic heterocycles. The summed E-state index contributed by atoms with van der Waals surface area (Å²) >= 11 is 6.32. The Kier molecular flexibility index (Phi) is 5.29. The van der Waals surface area contributed by atoms with Crippen molar-refractivity contribution in [2.45, 2.75) is 58.8 Å². The Hall–Kier alpha value is -0.795. The van der Waals surface area contributed by atoms with Crippen LogP contribution in [-0.2, 0) is 19.5 Å². The first kappa shape index (κ1) is 19.5. The minimum Gasteiger partial charge on any atom is -0.399 e. The zero-order valence-corrected chi connectivity index (χ0v) is 16.4. The zero-order chi connectivity index (χ0) is 18.3. The van der Waals surface area contributed by atoms with E-state index in [0.717, 1.165) is 0 Å². The van der Waals surface area contributed by atoms with Gasteiger partial charge >= 0.3 is 7.12 Å². The molecule has 1 aromatic rings. The molecule has 2 N–H and O–H groups in total. The summed E-state index contributed by atoms with van der Waals surface area (Å²) in [7, 11) is -4.24. The van der Waals surface area contributed by atoms with Crippen LogP contribution in [0.2, 0.25) is 5.02 Å². The summed E-state index contributed by atoms with van der Waals surface area (Å²) in [4.78, 5) is 0. The van der Waals surface area contributed by atoms with Crippen molar-refractivity contribution in [1.82, 2.24) is 4.72 Å². The van der Waals surface area contributed by atoms with Gasteiger partial charge in [-0.25, -0.2) is 0 Å². The molecular weight excluding hydrogens is 351 g/mol. The van der Waals surface area contributed by atoms with Gasteiger partial charge in [0.15, 0.2) is 0 Å². The van der Waals surface area contributed by atoms with Gasteiger partial charge in [0.05, 0.1) is 16.9 Å². The summed E-state index contributed by atoms with van der Waals surface area (Å²) in [5, 5.41) is 0.373. The molecule has 0 bridgehead atoms. The van der Waals surface area contributed by atoms with Crippen LogP contribution in [0.1, 0.15) is 41.5 Å². The highest BCUT2D eigenvalue weighted by Gasteiger charge is 2.52. The number of hydrogen-bond acceptors (Lipinski definition) is 4. The molecule has 1 aromatic carbocycles. The van der Waals surface area contributed by atoms with E-state index in [4.69, 9.17) is 20.9 Å². The molecule has 2 rings (SSSR count). The van der Waals surface area contributed by atoms with Gasteiger partial charge in [-0.15, -0.1) is 0 Å². The van der Waals surface area contributed by atoms with E-state index in [1.165, 1.54) is 0 Å². The summed E-state index contributed by atoms with van der Waals surface area (Å²) in [5.41, 5.74) is 0.0914. The summed E-state index contributed by atoms with van der Waals surface area (Å²) in [5.74, 6) is 0. The van der Waals surface area contributed by atoms with Crippen molar-refractivity contribution in [3.8, 4) is 0 Å². The van der Waals surface area contributed by atoms with Crippen LogP contribution in [-0.4, -0.2) is 32.8 Å². The van der Waals surface area contributed by atoms with Gasteiger partial charge in [-0.1, -0.05) is 17.7 Å². The van der Waals surface area contributed by atoms with Gasteiger partial charge in [0.2, 0.25) is 0 Å². The van der Waals surface area contributed by atoms with Crippen molar-refractivity contribution in [2.75, 3.05) is 4.72 Å². The van der Waals surface area contributed by atoms with E-state index in [2.05, 4.69) is 9.44 Å². The van der Waals surface area contributed by atoms with Crippen LogP contribution in [0.5, 0.6) is 0 Å². The van der Waals surface area contributed by atoms with Gasteiger partial charge in [0, 0.05) is 16.5 Å². The predicted molar refractivity (Wildman–Crippen MR) is 98.0 cm³/mol. The van der Waals surface area contributed by atoms with E-state index in [9.17, 15) is 8.42 Å². The molecule has 0 unspecified atom stereocenters. The Bertz CT molecular complexity index is 706. The van der Waals surface area contributed by atoms with Gasteiger partial charge in [-0.05, 0) is 53.7 Å². The van der Waals surface area contributed by atoms with E-state index >= 15 is 0 Å². The molecule has 6 nitrogen and oxygen atoms in total. The molecular formula is C15H24BClN2O4S. The lowest BCUT2D eigenvalue weighted by atomic mass is 9.79. The van der Waals surface area contributed by atoms with Crippen molar-refractivity contribution in [3.63, 3.8) is 0 Å². The van der Waals surface area contributed by atoms with Crippen LogP contribution in [0.25, 0.3) is 0 Å². The summed E-state index contributed by atoms with van der Waals surface area (Å²) < 4.78 is 40.7. The number of anilines is 1. The van der Waals surface area contributed by atoms with Gasteiger partial charge < -0.3 is 9.31 Å². The number of benzene rings is 1. The molecule has 0 spiro atoms. The topological polar surface area (TPSA) is 76.7 Å². The third-order valence-electron chi connectivity index (χ3n) is 4.15. The molecule has 0 radical (unpaired) electrons. The molecule has 0 amide bonds. The lowest BCUT2D eigenvalue weighted by Gasteiger charge is -2.32. The first-order valence-electron chi connectivity index (χ1n) is 7.78. The van der Waals surface area contributed by atoms with Crippen molar-refractivity contribution < 1.29 is 17.7 Å². The Morgan fingerprint density at radius 3 is 2.12 bits per heavy atom. The summed E-state index contributed by atoms with van der Waals surface area (Å²) in [6, 6.07) is 4.67. The predicted octanol–water partition coefficient (Wildman–Crippen LogP) is 2.29. The average Bonchev–Trinajstić information content (AvgIpc) is 2.55. The molecule has 0 aromatic heterocycles. The van der Waals surface area contributed by atoms with E-state index in [1.54, 1.807) is 32.0 Å². The fraction of sp³-hybridized carbons (Fsp3) is 0.600. The van der Waals surface area contributed by atoms with Crippen LogP contribution < -0.4 is 14.9 Å². The van der Waals surface area contributed by atoms with E-state index < -0.39 is 28.5 Å². The van der Waals surface area contributed by atoms with Crippen LogP contribution >= 0.6 is 11.6 Å². The second-order valence-corrected chi connectivity index (χ2v) is 9.06. The van der Waals surface area contributed by atoms with Crippen LogP contribution in [0.4, 0.5) is 5.69 Å². The number of nitrogens with one attached hydrogen (secondary N) is 2. The maximum absolute atomic E-state index is 11.9. The third kappa shape index (κ3) is 4.24. The lowest BCUT2D eigenvalue weighted by molar-refractivity contribution is 0.00578. The molecule has 1 fully saturated rings. The normalized spacial score (nSPS) is 19.8. The Balaban J connectivity index is 2.20. The summed E-state index contributed by atoms with van der Waals surface area (Å²) in [6.07, 6.45) is 0. The van der Waals surface area contributed by atoms with Crippen molar-refractivity contribution >= 4 is 40.1 Å². The highest BCUT2D eigenvalue weighted by molar-refractivity contribution is 7.90. The fourth-order valence-corrected chi connectivity index (χ4v) is 3.63. The Labute approximate surface area is 149 Å². The number of halogens is 1. The van der Waals surface area contributed by atoms with Crippen LogP contribution in [0.3, 0.4) is 0 Å². The SMILES string of the molecule is CC(C)NS(=O)(=O)Nc1ccc(B2OC(C)(C)C(C)(C)O2)c(Cl)c1. The first-order chi connectivity index (χ1) is 10.8. The van der Waals surface area contributed by atoms with E-state index in [0.29, 0.717) is 16.2 Å². The molecule has 0 saturated carbocycles. The van der Waals surface area contributed by atoms with Gasteiger partial charge in [0.1, 0.15) is 0 Å². The maximum Gasteiger partial charge on any atom is 0.496 e. The maximum atomic E-state index is 11.9. The van der Waals surface area contributed by atoms with Gasteiger partial charge in [0.25, 0.3) is 10.2 Å². The fourth-order valence-electron chi connectivity index (χ4n) is 2.25. The van der Waals surface area contributed by atoms with Crippen molar-refractivity contribution in [2.24, 2.45) is 0 Å². The first-order valence-corrected chi connectivity index (χ1v) is 9.64. The molecule has 134 valence electrons. The quantitative estimate of drug-likeness (QED) is 0.775.